The highest BCUT2D eigenvalue weighted by molar-refractivity contribution is 5.99. The summed E-state index contributed by atoms with van der Waals surface area (Å²) in [5.41, 5.74) is 12.8. The van der Waals surface area contributed by atoms with Crippen LogP contribution in [0, 0.1) is 29.6 Å². The Bertz CT molecular complexity index is 3040. The van der Waals surface area contributed by atoms with E-state index in [-0.39, 0.29) is 68.7 Å². The van der Waals surface area contributed by atoms with Crippen LogP contribution < -0.4 is 48.7 Å². The molecule has 100 heavy (non-hydrogen) atoms. The number of esters is 1. The average molecular weight is 1410 g/mol. The summed E-state index contributed by atoms with van der Waals surface area (Å²) in [4.78, 5) is 153. The first-order valence-electron chi connectivity index (χ1n) is 34.2. The molecule has 2 aliphatic rings. The van der Waals surface area contributed by atoms with E-state index >= 15 is 0 Å². The monoisotopic (exact) mass is 1410 g/mol. The number of amides is 11. The number of anilines is 1. The number of carbonyl (C=O) groups is 11. The Morgan fingerprint density at radius 3 is 1.93 bits per heavy atom. The van der Waals surface area contributed by atoms with E-state index in [1.807, 2.05) is 32.0 Å². The Balaban J connectivity index is 1.38. The summed E-state index contributed by atoms with van der Waals surface area (Å²) in [6.07, 6.45) is -8.32. The number of urea groups is 1. The number of aliphatic hydroxyl groups excluding tert-OH is 3. The number of likely N-dealkylation sites (tertiary alicyclic amines) is 1. The minimum absolute atomic E-state index is 0.00531. The van der Waals surface area contributed by atoms with Crippen LogP contribution in [0.15, 0.2) is 54.6 Å². The standard InChI is InChI=1S/C69H110N12O19/c1-16-39(8)54(48(96-13)34-50(83)81-33-21-25-47(81)58(97-14)40(9)60(87)73-41(10)55(84)43-22-18-17-19-23-43)79(11)66(92)52(37(4)5)78-64(91)53(38(6)7)80(12)69(95)99-35-42-26-28-44(29-27-42)74-62(89)46(24-20-32-72-68(71)94)75-63(90)51(36(2)3)77-61(88)45(70)30-31-49(82)76-65-57(86)56(85)59(100-65)67(93)98-15/h17-19,22-23,26-29,36-41,45-48,51-59,65,84-86H,16,20-21,24-25,30-35,70H2,1-15H3,(H,73,87)(H,74,89)(H,75,90)(H,76,82)(H,77,88)(H,78,91)(H3,71,72,94)/t39-,40+,41+,45-,46-,47-,48+,51-,52-,53-,54-,55+,56-,57+,58+,59-,65?/m0/s1. The highest BCUT2D eigenvalue weighted by Crippen LogP contribution is 2.31. The lowest BCUT2D eigenvalue weighted by atomic mass is 9.89. The van der Waals surface area contributed by atoms with Crippen LogP contribution in [0.3, 0.4) is 0 Å². The smallest absolute Gasteiger partial charge is 0.410 e. The third kappa shape index (κ3) is 23.8. The molecule has 31 heteroatoms. The van der Waals surface area contributed by atoms with E-state index in [1.54, 1.807) is 91.6 Å². The number of nitrogens with two attached hydrogens (primary N) is 2. The molecule has 0 radical (unpaired) electrons. The van der Waals surface area contributed by atoms with Crippen LogP contribution in [0.1, 0.15) is 138 Å². The van der Waals surface area contributed by atoms with Crippen molar-refractivity contribution in [2.24, 2.45) is 41.1 Å². The van der Waals surface area contributed by atoms with Gasteiger partial charge in [0.05, 0.1) is 61.9 Å². The van der Waals surface area contributed by atoms with Gasteiger partial charge in [0.25, 0.3) is 0 Å². The van der Waals surface area contributed by atoms with Gasteiger partial charge in [0.15, 0.2) is 12.3 Å². The molecular weight excluding hydrogens is 1300 g/mol. The first-order chi connectivity index (χ1) is 47.1. The van der Waals surface area contributed by atoms with Crippen LogP contribution >= 0.6 is 0 Å². The van der Waals surface area contributed by atoms with Crippen molar-refractivity contribution in [1.82, 2.24) is 46.6 Å². The Hall–Kier alpha value is -8.07. The number of benzene rings is 2. The number of nitrogens with one attached hydrogen (secondary N) is 7. The largest absolute Gasteiger partial charge is 0.467 e. The molecule has 0 spiro atoms. The fourth-order valence-corrected chi connectivity index (χ4v) is 12.5. The third-order valence-electron chi connectivity index (χ3n) is 18.5. The summed E-state index contributed by atoms with van der Waals surface area (Å²) in [5.74, 6) is -7.95. The molecule has 2 aliphatic heterocycles. The molecular formula is C69H110N12O19. The van der Waals surface area contributed by atoms with E-state index in [2.05, 4.69) is 42.0 Å². The van der Waals surface area contributed by atoms with E-state index in [0.29, 0.717) is 36.9 Å². The summed E-state index contributed by atoms with van der Waals surface area (Å²) >= 11 is 0. The molecule has 0 aliphatic carbocycles. The van der Waals surface area contributed by atoms with E-state index < -0.39 is 168 Å². The molecule has 2 heterocycles. The molecule has 2 saturated heterocycles. The van der Waals surface area contributed by atoms with Gasteiger partial charge < -0.3 is 97.5 Å². The number of methoxy groups -OCH3 is 3. The summed E-state index contributed by atoms with van der Waals surface area (Å²) < 4.78 is 27.5. The number of nitrogens with zero attached hydrogens (tertiary/aromatic N) is 3. The lowest BCUT2D eigenvalue weighted by Gasteiger charge is -2.41. The van der Waals surface area contributed by atoms with Crippen molar-refractivity contribution in [1.29, 1.82) is 0 Å². The van der Waals surface area contributed by atoms with E-state index in [9.17, 15) is 68.1 Å². The molecule has 4 rings (SSSR count). The second-order valence-electron chi connectivity index (χ2n) is 26.9. The fourth-order valence-electron chi connectivity index (χ4n) is 12.5. The topological polar surface area (TPSA) is 441 Å². The molecule has 0 saturated carbocycles. The lowest BCUT2D eigenvalue weighted by Crippen LogP contribution is -2.60. The van der Waals surface area contributed by atoms with Crippen molar-refractivity contribution in [2.75, 3.05) is 53.8 Å². The van der Waals surface area contributed by atoms with Gasteiger partial charge in [0.2, 0.25) is 47.3 Å². The maximum Gasteiger partial charge on any atom is 0.410 e. The minimum atomic E-state index is -1.68. The van der Waals surface area contributed by atoms with Crippen LogP contribution in [0.25, 0.3) is 0 Å². The van der Waals surface area contributed by atoms with Crippen LogP contribution in [0.5, 0.6) is 0 Å². The zero-order valence-electron chi connectivity index (χ0n) is 60.4. The van der Waals surface area contributed by atoms with Gasteiger partial charge in [0, 0.05) is 53.5 Å². The van der Waals surface area contributed by atoms with Gasteiger partial charge in [0.1, 0.15) is 43.0 Å². The predicted molar refractivity (Wildman–Crippen MR) is 367 cm³/mol. The number of primary amides is 1. The molecule has 17 atom stereocenters. The van der Waals surface area contributed by atoms with E-state index in [0.717, 1.165) is 12.0 Å². The van der Waals surface area contributed by atoms with Gasteiger partial charge in [-0.25, -0.2) is 14.4 Å². The highest BCUT2D eigenvalue weighted by atomic mass is 16.6. The summed E-state index contributed by atoms with van der Waals surface area (Å²) in [5, 5.41) is 50.0. The molecule has 0 bridgehead atoms. The van der Waals surface area contributed by atoms with E-state index in [1.165, 1.54) is 38.3 Å². The van der Waals surface area contributed by atoms with Gasteiger partial charge in [-0.3, -0.25) is 43.3 Å². The molecule has 0 aromatic heterocycles. The van der Waals surface area contributed by atoms with Crippen molar-refractivity contribution in [3.63, 3.8) is 0 Å². The minimum Gasteiger partial charge on any atom is -0.467 e. The number of likely N-dealkylation sites (N-methyl/N-ethyl adjacent to an activating group) is 2. The SMILES string of the molecule is CC[C@H](C)[C@@H]([C@@H](CC(=O)N1CCC[C@H]1[C@H](OC)[C@@H](C)C(=O)N[C@H](C)[C@@H](O)c1ccccc1)OC)N(C)C(=O)[C@@H](NC(=O)[C@H](C(C)C)N(C)C(=O)OCc1ccc(NC(=O)[C@H](CCCNC(N)=O)NC(=O)[C@@H](NC(=O)[C@@H](N)CCC(=O)NC2O[C@H](C(=O)OC)[C@@H](O)[C@H]2O)C(C)C)cc1)C(C)C. The van der Waals surface area contributed by atoms with E-state index in [4.69, 9.17) is 30.4 Å². The Morgan fingerprint density at radius 2 is 1.36 bits per heavy atom. The first kappa shape index (κ1) is 84.3. The number of rotatable bonds is 38. The Labute approximate surface area is 586 Å². The molecule has 2 aromatic rings. The normalized spacial score (nSPS) is 20.3. The maximum absolute atomic E-state index is 14.8. The van der Waals surface area contributed by atoms with Crippen molar-refractivity contribution < 1.29 is 91.7 Å². The lowest BCUT2D eigenvalue weighted by molar-refractivity contribution is -0.158. The van der Waals surface area contributed by atoms with Crippen molar-refractivity contribution in [3.8, 4) is 0 Å². The third-order valence-corrected chi connectivity index (χ3v) is 18.5. The summed E-state index contributed by atoms with van der Waals surface area (Å²) in [6, 6.07) is 6.73. The Kier molecular flexibility index (Phi) is 34.1. The van der Waals surface area contributed by atoms with Gasteiger partial charge in [-0.2, -0.15) is 0 Å². The fraction of sp³-hybridized carbons (Fsp3) is 0.667. The number of hydrogen-bond acceptors (Lipinski definition) is 20. The molecule has 31 nitrogen and oxygen atoms in total. The quantitative estimate of drug-likeness (QED) is 0.0334. The van der Waals surface area contributed by atoms with Gasteiger partial charge in [-0.15, -0.1) is 0 Å². The zero-order valence-corrected chi connectivity index (χ0v) is 60.4. The molecule has 2 aromatic carbocycles. The Morgan fingerprint density at radius 1 is 0.730 bits per heavy atom. The number of aliphatic hydroxyl groups is 3. The number of ether oxygens (including phenoxy) is 5. The first-order valence-corrected chi connectivity index (χ1v) is 34.2. The van der Waals surface area contributed by atoms with Gasteiger partial charge in [-0.1, -0.05) is 111 Å². The van der Waals surface area contributed by atoms with Gasteiger partial charge in [-0.05, 0) is 86.0 Å². The number of hydrogen-bond donors (Lipinski definition) is 12. The summed E-state index contributed by atoms with van der Waals surface area (Å²) in [7, 11) is 7.08. The highest BCUT2D eigenvalue weighted by Gasteiger charge is 2.48. The zero-order chi connectivity index (χ0) is 75.0. The van der Waals surface area contributed by atoms with Crippen LogP contribution in [-0.4, -0.2) is 229 Å². The van der Waals surface area contributed by atoms with Gasteiger partial charge >= 0.3 is 18.1 Å². The molecule has 560 valence electrons. The van der Waals surface area contributed by atoms with Crippen LogP contribution in [0.2, 0.25) is 0 Å². The molecule has 11 amide bonds. The molecule has 2 fully saturated rings. The maximum atomic E-state index is 14.8. The predicted octanol–water partition coefficient (Wildman–Crippen LogP) is 1.43. The van der Waals surface area contributed by atoms with Crippen molar-refractivity contribution in [3.05, 3.63) is 65.7 Å². The molecule has 14 N–H and O–H groups in total. The van der Waals surface area contributed by atoms with Crippen molar-refractivity contribution in [2.45, 2.75) is 218 Å². The summed E-state index contributed by atoms with van der Waals surface area (Å²) in [6.45, 7) is 17.9. The van der Waals surface area contributed by atoms with Crippen molar-refractivity contribution >= 4 is 71.0 Å². The van der Waals surface area contributed by atoms with Crippen LogP contribution in [-0.2, 0) is 73.4 Å². The average Bonchev–Trinajstić information content (AvgIpc) is 1.12. The van der Waals surface area contributed by atoms with Crippen LogP contribution in [0.4, 0.5) is 15.3 Å². The molecule has 1 unspecified atom stereocenters. The number of carbonyl (C=O) groups excluding carboxylic acids is 11. The second kappa shape index (κ2) is 40.4. The second-order valence-corrected chi connectivity index (χ2v) is 26.9.